The average Bonchev–Trinajstić information content (AvgIpc) is 3.01. The molecular weight excluding hydrogens is 304 g/mol. The van der Waals surface area contributed by atoms with Gasteiger partial charge in [0, 0.05) is 5.56 Å². The Morgan fingerprint density at radius 2 is 1.92 bits per heavy atom. The zero-order chi connectivity index (χ0) is 15.9. The molecule has 1 aromatic carbocycles. The topological polar surface area (TPSA) is 61.2 Å². The monoisotopic (exact) mass is 326 g/mol. The fraction of sp³-hybridized carbons (Fsp3) is 0.556. The number of nitrogens with one attached hydrogen (secondary N) is 1. The third-order valence-corrected chi connectivity index (χ3v) is 5.31. The van der Waals surface area contributed by atoms with Crippen molar-refractivity contribution in [1.82, 2.24) is 20.3 Å². The Bertz CT molecular complexity index is 700. The lowest BCUT2D eigenvalue weighted by molar-refractivity contribution is 0.0620. The summed E-state index contributed by atoms with van der Waals surface area (Å²) in [5, 5.41) is 12.3. The molecule has 2 saturated heterocycles. The summed E-state index contributed by atoms with van der Waals surface area (Å²) in [6, 6.07) is 10.5. The maximum atomic E-state index is 6.05. The van der Waals surface area contributed by atoms with E-state index in [1.165, 1.54) is 12.8 Å². The average molecular weight is 326 g/mol. The van der Waals surface area contributed by atoms with Gasteiger partial charge in [0.05, 0.1) is 25.5 Å². The maximum absolute atomic E-state index is 6.05. The Hall–Kier alpha value is -1.76. The molecule has 4 atom stereocenters. The van der Waals surface area contributed by atoms with E-state index in [4.69, 9.17) is 9.47 Å². The third-order valence-electron chi connectivity index (χ3n) is 5.31. The highest BCUT2D eigenvalue weighted by Gasteiger charge is 2.49. The number of nitrogens with zero attached hydrogens (tertiary/aromatic N) is 3. The van der Waals surface area contributed by atoms with Crippen LogP contribution in [-0.4, -0.2) is 53.0 Å². The van der Waals surface area contributed by atoms with Crippen molar-refractivity contribution in [3.63, 3.8) is 0 Å². The van der Waals surface area contributed by atoms with Gasteiger partial charge >= 0.3 is 0 Å². The second-order valence-corrected chi connectivity index (χ2v) is 7.07. The predicted molar refractivity (Wildman–Crippen MR) is 88.5 cm³/mol. The minimum atomic E-state index is 0.0621. The summed E-state index contributed by atoms with van der Waals surface area (Å²) >= 11 is 0. The summed E-state index contributed by atoms with van der Waals surface area (Å²) in [4.78, 5) is 0. The van der Waals surface area contributed by atoms with Crippen molar-refractivity contribution in [2.24, 2.45) is 5.92 Å². The van der Waals surface area contributed by atoms with Crippen molar-refractivity contribution in [2.45, 2.75) is 37.1 Å². The van der Waals surface area contributed by atoms with E-state index in [1.807, 2.05) is 41.2 Å². The van der Waals surface area contributed by atoms with Crippen LogP contribution in [0.15, 0.2) is 36.5 Å². The van der Waals surface area contributed by atoms with Gasteiger partial charge in [-0.05, 0) is 25.3 Å². The van der Waals surface area contributed by atoms with Crippen molar-refractivity contribution in [3.05, 3.63) is 36.5 Å². The Morgan fingerprint density at radius 1 is 1.08 bits per heavy atom. The summed E-state index contributed by atoms with van der Waals surface area (Å²) in [7, 11) is 0. The van der Waals surface area contributed by atoms with Gasteiger partial charge in [0.1, 0.15) is 23.9 Å². The summed E-state index contributed by atoms with van der Waals surface area (Å²) in [6.07, 6.45) is 4.91. The first-order chi connectivity index (χ1) is 11.9. The van der Waals surface area contributed by atoms with Gasteiger partial charge in [-0.25, -0.2) is 4.68 Å². The highest BCUT2D eigenvalue weighted by atomic mass is 16.6. The third kappa shape index (κ3) is 2.64. The molecule has 0 bridgehead atoms. The van der Waals surface area contributed by atoms with Crippen molar-refractivity contribution >= 4 is 0 Å². The summed E-state index contributed by atoms with van der Waals surface area (Å²) < 4.78 is 14.0. The van der Waals surface area contributed by atoms with Crippen molar-refractivity contribution in [2.75, 3.05) is 19.8 Å². The first kappa shape index (κ1) is 14.6. The molecule has 6 heteroatoms. The fourth-order valence-corrected chi connectivity index (χ4v) is 3.70. The fourth-order valence-electron chi connectivity index (χ4n) is 3.70. The SMILES string of the molecule is c1ccc(-c2cn(C3COC4C(NCC5CC5)COC43)nn2)cc1. The zero-order valence-corrected chi connectivity index (χ0v) is 13.5. The van der Waals surface area contributed by atoms with Gasteiger partial charge in [0.25, 0.3) is 0 Å². The smallest absolute Gasteiger partial charge is 0.113 e. The van der Waals surface area contributed by atoms with E-state index in [2.05, 4.69) is 15.6 Å². The number of hydrogen-bond acceptors (Lipinski definition) is 5. The van der Waals surface area contributed by atoms with Crippen LogP contribution in [0, 0.1) is 5.92 Å². The van der Waals surface area contributed by atoms with Crippen LogP contribution in [0.3, 0.4) is 0 Å². The van der Waals surface area contributed by atoms with Crippen LogP contribution < -0.4 is 5.32 Å². The molecule has 0 amide bonds. The van der Waals surface area contributed by atoms with E-state index in [-0.39, 0.29) is 18.2 Å². The lowest BCUT2D eigenvalue weighted by Gasteiger charge is -2.17. The highest BCUT2D eigenvalue weighted by molar-refractivity contribution is 5.57. The summed E-state index contributed by atoms with van der Waals surface area (Å²) in [5.41, 5.74) is 1.97. The van der Waals surface area contributed by atoms with Gasteiger partial charge < -0.3 is 14.8 Å². The molecule has 3 heterocycles. The molecule has 126 valence electrons. The lowest BCUT2D eigenvalue weighted by Crippen LogP contribution is -2.41. The predicted octanol–water partition coefficient (Wildman–Crippen LogP) is 1.65. The second kappa shape index (κ2) is 5.95. The molecule has 0 spiro atoms. The normalized spacial score (nSPS) is 32.2. The van der Waals surface area contributed by atoms with Gasteiger partial charge in [-0.15, -0.1) is 5.10 Å². The molecule has 3 aliphatic rings. The molecular formula is C18H22N4O2. The first-order valence-corrected chi connectivity index (χ1v) is 8.82. The maximum Gasteiger partial charge on any atom is 0.113 e. The minimum absolute atomic E-state index is 0.0621. The number of ether oxygens (including phenoxy) is 2. The van der Waals surface area contributed by atoms with Gasteiger partial charge in [0.2, 0.25) is 0 Å². The highest BCUT2D eigenvalue weighted by Crippen LogP contribution is 2.35. The molecule has 1 saturated carbocycles. The largest absolute Gasteiger partial charge is 0.371 e. The number of fused-ring (bicyclic) bond motifs is 1. The van der Waals surface area contributed by atoms with Crippen molar-refractivity contribution in [1.29, 1.82) is 0 Å². The number of benzene rings is 1. The summed E-state index contributed by atoms with van der Waals surface area (Å²) in [5.74, 6) is 0.866. The Kier molecular flexibility index (Phi) is 3.61. The Morgan fingerprint density at radius 3 is 2.75 bits per heavy atom. The van der Waals surface area contributed by atoms with Crippen LogP contribution in [-0.2, 0) is 9.47 Å². The molecule has 4 unspecified atom stereocenters. The molecule has 6 nitrogen and oxygen atoms in total. The molecule has 3 fully saturated rings. The van der Waals surface area contributed by atoms with E-state index in [1.54, 1.807) is 0 Å². The van der Waals surface area contributed by atoms with E-state index in [0.29, 0.717) is 12.6 Å². The van der Waals surface area contributed by atoms with Gasteiger partial charge in [-0.1, -0.05) is 35.5 Å². The van der Waals surface area contributed by atoms with Crippen molar-refractivity contribution < 1.29 is 9.47 Å². The Balaban J connectivity index is 1.29. The molecule has 24 heavy (non-hydrogen) atoms. The minimum Gasteiger partial charge on any atom is -0.371 e. The molecule has 2 aliphatic heterocycles. The quantitative estimate of drug-likeness (QED) is 0.905. The molecule has 2 aromatic rings. The summed E-state index contributed by atoms with van der Waals surface area (Å²) in [6.45, 7) is 2.44. The number of hydrogen-bond donors (Lipinski definition) is 1. The van der Waals surface area contributed by atoms with Gasteiger partial charge in [-0.2, -0.15) is 0 Å². The second-order valence-electron chi connectivity index (χ2n) is 7.07. The van der Waals surface area contributed by atoms with Crippen LogP contribution in [0.1, 0.15) is 18.9 Å². The Labute approximate surface area is 141 Å². The standard InChI is InChI=1S/C18H22N4O2/c1-2-4-13(5-3-1)14-9-22(21-20-14)16-11-24-17-15(10-23-18(16)17)19-8-12-6-7-12/h1-5,9,12,15-19H,6-8,10-11H2. The van der Waals surface area contributed by atoms with E-state index < -0.39 is 0 Å². The van der Waals surface area contributed by atoms with E-state index in [0.717, 1.165) is 30.3 Å². The van der Waals surface area contributed by atoms with Gasteiger partial charge in [0.15, 0.2) is 0 Å². The van der Waals surface area contributed by atoms with Crippen LogP contribution in [0.2, 0.25) is 0 Å². The lowest BCUT2D eigenvalue weighted by atomic mass is 10.1. The molecule has 0 radical (unpaired) electrons. The zero-order valence-electron chi connectivity index (χ0n) is 13.5. The van der Waals surface area contributed by atoms with Crippen molar-refractivity contribution in [3.8, 4) is 11.3 Å². The molecule has 5 rings (SSSR count). The van der Waals surface area contributed by atoms with Crippen LogP contribution in [0.25, 0.3) is 11.3 Å². The van der Waals surface area contributed by atoms with Crippen LogP contribution in [0.5, 0.6) is 0 Å². The van der Waals surface area contributed by atoms with Crippen LogP contribution in [0.4, 0.5) is 0 Å². The molecule has 1 aliphatic carbocycles. The molecule has 1 N–H and O–H groups in total. The van der Waals surface area contributed by atoms with E-state index >= 15 is 0 Å². The number of aromatic nitrogens is 3. The molecule has 1 aromatic heterocycles. The van der Waals surface area contributed by atoms with E-state index in [9.17, 15) is 0 Å². The van der Waals surface area contributed by atoms with Gasteiger partial charge in [-0.3, -0.25) is 0 Å². The first-order valence-electron chi connectivity index (χ1n) is 8.82. The van der Waals surface area contributed by atoms with Crippen LogP contribution >= 0.6 is 0 Å². The number of rotatable bonds is 5.